The summed E-state index contributed by atoms with van der Waals surface area (Å²) in [6.07, 6.45) is -9.11. The molecule has 0 atom stereocenters. The SMILES string of the molecule is CC(C)(C)C#CCN(CC(=O)c1c(Cl)cccc1C(F)(F)F)C(=O)c1cnn([C@H]2CC[C@](C)(C(=O)O)CC2)c1C(F)(F)F. The molecule has 1 aliphatic rings. The van der Waals surface area contributed by atoms with E-state index in [-0.39, 0.29) is 25.7 Å². The lowest BCUT2D eigenvalue weighted by atomic mass is 9.74. The maximum absolute atomic E-state index is 14.4. The number of ketones is 1. The summed E-state index contributed by atoms with van der Waals surface area (Å²) in [5.74, 6) is 1.78. The van der Waals surface area contributed by atoms with Crippen molar-refractivity contribution in [3.8, 4) is 11.8 Å². The number of hydrogen-bond acceptors (Lipinski definition) is 4. The molecule has 1 aromatic carbocycles. The van der Waals surface area contributed by atoms with Crippen molar-refractivity contribution in [1.29, 1.82) is 0 Å². The van der Waals surface area contributed by atoms with Crippen molar-refractivity contribution in [2.24, 2.45) is 10.8 Å². The molecule has 1 heterocycles. The minimum absolute atomic E-state index is 0.0488. The van der Waals surface area contributed by atoms with Crippen LogP contribution in [0.15, 0.2) is 24.4 Å². The van der Waals surface area contributed by atoms with Crippen LogP contribution in [0.25, 0.3) is 0 Å². The quantitative estimate of drug-likeness (QED) is 0.199. The van der Waals surface area contributed by atoms with Crippen molar-refractivity contribution in [2.75, 3.05) is 13.1 Å². The van der Waals surface area contributed by atoms with Gasteiger partial charge in [-0.3, -0.25) is 19.1 Å². The first-order valence-corrected chi connectivity index (χ1v) is 13.6. The third-order valence-corrected chi connectivity index (χ3v) is 7.48. The summed E-state index contributed by atoms with van der Waals surface area (Å²) in [5, 5.41) is 12.8. The lowest BCUT2D eigenvalue weighted by Crippen LogP contribution is -2.38. The van der Waals surface area contributed by atoms with E-state index in [1.807, 2.05) is 0 Å². The van der Waals surface area contributed by atoms with Crippen LogP contribution in [0.4, 0.5) is 26.3 Å². The van der Waals surface area contributed by atoms with Gasteiger partial charge in [-0.15, -0.1) is 0 Å². The maximum atomic E-state index is 14.4. The monoisotopic (exact) mass is 633 g/mol. The zero-order valence-corrected chi connectivity index (χ0v) is 24.5. The largest absolute Gasteiger partial charge is 0.481 e. The van der Waals surface area contributed by atoms with Gasteiger partial charge in [-0.05, 0) is 65.5 Å². The second kappa shape index (κ2) is 12.2. The molecule has 2 aromatic rings. The first-order chi connectivity index (χ1) is 19.7. The van der Waals surface area contributed by atoms with Crippen LogP contribution in [0.2, 0.25) is 5.02 Å². The van der Waals surface area contributed by atoms with E-state index in [0.717, 1.165) is 12.1 Å². The third-order valence-electron chi connectivity index (χ3n) is 7.17. The molecular weight excluding hydrogens is 604 g/mol. The predicted molar refractivity (Wildman–Crippen MR) is 144 cm³/mol. The van der Waals surface area contributed by atoms with E-state index in [9.17, 15) is 45.8 Å². The number of carboxylic acids is 1. The van der Waals surface area contributed by atoms with Gasteiger partial charge in [-0.2, -0.15) is 31.4 Å². The van der Waals surface area contributed by atoms with Gasteiger partial charge in [0.25, 0.3) is 5.91 Å². The van der Waals surface area contributed by atoms with E-state index in [0.29, 0.717) is 21.8 Å². The number of Topliss-reactive ketones (excluding diaryl/α,β-unsaturated/α-hetero) is 1. The van der Waals surface area contributed by atoms with Crippen molar-refractivity contribution in [1.82, 2.24) is 14.7 Å². The Bertz CT molecular complexity index is 1460. The van der Waals surface area contributed by atoms with Crippen LogP contribution in [-0.4, -0.2) is 50.5 Å². The number of alkyl halides is 6. The zero-order chi connectivity index (χ0) is 32.5. The maximum Gasteiger partial charge on any atom is 0.433 e. The first-order valence-electron chi connectivity index (χ1n) is 13.2. The van der Waals surface area contributed by atoms with Crippen LogP contribution in [0.1, 0.15) is 91.4 Å². The fraction of sp³-hybridized carbons (Fsp3) is 0.517. The Morgan fingerprint density at radius 1 is 1.09 bits per heavy atom. The molecule has 0 unspecified atom stereocenters. The lowest BCUT2D eigenvalue weighted by Gasteiger charge is -2.34. The summed E-state index contributed by atoms with van der Waals surface area (Å²) in [6.45, 7) is 5.06. The number of carbonyl (C=O) groups excluding carboxylic acids is 2. The summed E-state index contributed by atoms with van der Waals surface area (Å²) in [5.41, 5.74) is -6.31. The fourth-order valence-corrected chi connectivity index (χ4v) is 5.12. The van der Waals surface area contributed by atoms with Crippen LogP contribution in [-0.2, 0) is 17.1 Å². The summed E-state index contributed by atoms with van der Waals surface area (Å²) in [4.78, 5) is 39.0. The molecule has 0 spiro atoms. The summed E-state index contributed by atoms with van der Waals surface area (Å²) < 4.78 is 84.8. The summed E-state index contributed by atoms with van der Waals surface area (Å²) in [7, 11) is 0. The number of carboxylic acid groups (broad SMARTS) is 1. The molecule has 1 N–H and O–H groups in total. The normalized spacial score (nSPS) is 19.4. The summed E-state index contributed by atoms with van der Waals surface area (Å²) >= 11 is 5.94. The number of nitrogens with zero attached hydrogens (tertiary/aromatic N) is 3. The molecule has 7 nitrogen and oxygen atoms in total. The molecule has 1 aromatic heterocycles. The van der Waals surface area contributed by atoms with Gasteiger partial charge in [0.05, 0.1) is 52.5 Å². The fourth-order valence-electron chi connectivity index (χ4n) is 4.84. The standard InChI is InChI=1S/C29H30ClF6N3O4/c1-26(2,3)11-6-14-38(16-21(40)22-19(28(31,32)33)7-5-8-20(22)30)24(41)18-15-37-39(23(18)29(34,35)36)17-9-12-27(4,13-10-17)25(42)43/h5,7-8,15,17H,9-10,12-14,16H2,1-4H3,(H,42,43)/t17-,27-. The number of benzene rings is 1. The minimum Gasteiger partial charge on any atom is -0.481 e. The molecule has 0 aliphatic heterocycles. The smallest absolute Gasteiger partial charge is 0.433 e. The number of aromatic nitrogens is 2. The van der Waals surface area contributed by atoms with Crippen LogP contribution in [0.5, 0.6) is 0 Å². The first kappa shape index (κ1) is 34.0. The number of hydrogen-bond donors (Lipinski definition) is 1. The molecule has 1 fully saturated rings. The number of rotatable bonds is 7. The third kappa shape index (κ3) is 7.90. The molecule has 1 amide bonds. The molecule has 0 saturated heterocycles. The second-order valence-corrected chi connectivity index (χ2v) is 12.1. The average molecular weight is 634 g/mol. The van der Waals surface area contributed by atoms with Gasteiger partial charge in [0, 0.05) is 5.41 Å². The predicted octanol–water partition coefficient (Wildman–Crippen LogP) is 7.15. The highest BCUT2D eigenvalue weighted by Crippen LogP contribution is 2.43. The number of amides is 1. The molecule has 1 aliphatic carbocycles. The van der Waals surface area contributed by atoms with Gasteiger partial charge in [0.15, 0.2) is 11.5 Å². The highest BCUT2D eigenvalue weighted by molar-refractivity contribution is 6.34. The van der Waals surface area contributed by atoms with Gasteiger partial charge in [-0.1, -0.05) is 29.5 Å². The highest BCUT2D eigenvalue weighted by atomic mass is 35.5. The molecule has 234 valence electrons. The molecule has 43 heavy (non-hydrogen) atoms. The number of halogens is 7. The van der Waals surface area contributed by atoms with Crippen LogP contribution >= 0.6 is 11.6 Å². The number of carbonyl (C=O) groups is 3. The van der Waals surface area contributed by atoms with Crippen molar-refractivity contribution in [3.63, 3.8) is 0 Å². The van der Waals surface area contributed by atoms with Crippen LogP contribution in [0.3, 0.4) is 0 Å². The Kier molecular flexibility index (Phi) is 9.66. The Morgan fingerprint density at radius 2 is 1.70 bits per heavy atom. The molecule has 1 saturated carbocycles. The second-order valence-electron chi connectivity index (χ2n) is 11.7. The van der Waals surface area contributed by atoms with Gasteiger partial charge in [0.1, 0.15) is 0 Å². The minimum atomic E-state index is -5.09. The van der Waals surface area contributed by atoms with Crippen LogP contribution < -0.4 is 0 Å². The van der Waals surface area contributed by atoms with Gasteiger partial charge in [-0.25, -0.2) is 0 Å². The van der Waals surface area contributed by atoms with Crippen LogP contribution in [0, 0.1) is 22.7 Å². The molecule has 3 rings (SSSR count). The van der Waals surface area contributed by atoms with Crippen molar-refractivity contribution >= 4 is 29.3 Å². The highest BCUT2D eigenvalue weighted by Gasteiger charge is 2.45. The molecule has 0 radical (unpaired) electrons. The van der Waals surface area contributed by atoms with Crippen molar-refractivity contribution in [2.45, 2.75) is 71.8 Å². The average Bonchev–Trinajstić information content (AvgIpc) is 3.32. The van der Waals surface area contributed by atoms with Gasteiger partial charge < -0.3 is 10.0 Å². The Morgan fingerprint density at radius 3 is 2.21 bits per heavy atom. The topological polar surface area (TPSA) is 92.5 Å². The van der Waals surface area contributed by atoms with Gasteiger partial charge >= 0.3 is 18.3 Å². The van der Waals surface area contributed by atoms with E-state index >= 15 is 0 Å². The van der Waals surface area contributed by atoms with E-state index in [4.69, 9.17) is 11.6 Å². The Hall–Kier alpha value is -3.53. The lowest BCUT2D eigenvalue weighted by molar-refractivity contribution is -0.152. The summed E-state index contributed by atoms with van der Waals surface area (Å²) in [6, 6.07) is 1.82. The Labute approximate surface area is 249 Å². The Balaban J connectivity index is 2.04. The van der Waals surface area contributed by atoms with E-state index in [2.05, 4.69) is 16.9 Å². The van der Waals surface area contributed by atoms with Crippen molar-refractivity contribution in [3.05, 3.63) is 51.8 Å². The molecule has 14 heteroatoms. The molecule has 0 bridgehead atoms. The van der Waals surface area contributed by atoms with E-state index in [1.165, 1.54) is 6.92 Å². The van der Waals surface area contributed by atoms with E-state index in [1.54, 1.807) is 20.8 Å². The molecular formula is C29H30ClF6N3O4. The van der Waals surface area contributed by atoms with Gasteiger partial charge in [0.2, 0.25) is 0 Å². The number of aliphatic carboxylic acids is 1. The zero-order valence-electron chi connectivity index (χ0n) is 23.8. The van der Waals surface area contributed by atoms with Crippen molar-refractivity contribution < 1.29 is 45.8 Å². The van der Waals surface area contributed by atoms with E-state index < -0.39 is 87.4 Å².